The Bertz CT molecular complexity index is 1130. The number of likely N-dealkylation sites (tertiary alicyclic amines) is 1. The van der Waals surface area contributed by atoms with Crippen molar-refractivity contribution in [3.63, 3.8) is 0 Å². The topological polar surface area (TPSA) is 77.9 Å². The summed E-state index contributed by atoms with van der Waals surface area (Å²) in [6, 6.07) is 4.37. The molecule has 37 heavy (non-hydrogen) atoms. The van der Waals surface area contributed by atoms with E-state index in [0.717, 1.165) is 4.68 Å². The molecule has 1 amide bonds. The molecule has 4 rings (SSSR count). The van der Waals surface area contributed by atoms with Gasteiger partial charge in [-0.2, -0.15) is 18.3 Å². The Labute approximate surface area is 215 Å². The van der Waals surface area contributed by atoms with E-state index in [2.05, 4.69) is 10.4 Å². The highest BCUT2D eigenvalue weighted by Gasteiger charge is 2.47. The first-order chi connectivity index (χ1) is 17.3. The Hall–Kier alpha value is -3.11. The Kier molecular flexibility index (Phi) is 7.27. The summed E-state index contributed by atoms with van der Waals surface area (Å²) in [7, 11) is 3.00. The summed E-state index contributed by atoms with van der Waals surface area (Å²) in [5.74, 6) is 1.22. The van der Waals surface area contributed by atoms with Gasteiger partial charge in [-0.15, -0.1) is 0 Å². The van der Waals surface area contributed by atoms with Gasteiger partial charge >= 0.3 is 12.3 Å². The third-order valence-corrected chi connectivity index (χ3v) is 6.94. The van der Waals surface area contributed by atoms with E-state index in [9.17, 15) is 18.0 Å². The number of hydrogen-bond donors (Lipinski definition) is 1. The van der Waals surface area contributed by atoms with E-state index in [0.29, 0.717) is 48.0 Å². The second kappa shape index (κ2) is 9.98. The minimum Gasteiger partial charge on any atom is -0.493 e. The molecule has 2 aliphatic heterocycles. The molecule has 1 aromatic heterocycles. The van der Waals surface area contributed by atoms with Crippen LogP contribution in [0.3, 0.4) is 0 Å². The summed E-state index contributed by atoms with van der Waals surface area (Å²) in [5.41, 5.74) is 0.667. The van der Waals surface area contributed by atoms with Crippen LogP contribution in [-0.4, -0.2) is 59.4 Å². The Morgan fingerprint density at radius 2 is 1.78 bits per heavy atom. The van der Waals surface area contributed by atoms with E-state index in [-0.39, 0.29) is 24.5 Å². The average molecular weight is 525 g/mol. The van der Waals surface area contributed by atoms with E-state index in [1.54, 1.807) is 29.2 Å². The van der Waals surface area contributed by atoms with Crippen molar-refractivity contribution in [3.8, 4) is 11.5 Å². The number of rotatable bonds is 4. The van der Waals surface area contributed by atoms with Crippen LogP contribution < -0.4 is 14.8 Å². The van der Waals surface area contributed by atoms with Crippen LogP contribution in [0.4, 0.5) is 23.8 Å². The number of methoxy groups -OCH3 is 2. The van der Waals surface area contributed by atoms with Crippen molar-refractivity contribution in [1.29, 1.82) is 0 Å². The lowest BCUT2D eigenvalue weighted by molar-refractivity contribution is -0.173. The molecule has 0 spiro atoms. The number of amides is 1. The molecule has 1 aromatic carbocycles. The summed E-state index contributed by atoms with van der Waals surface area (Å²) in [4.78, 5) is 14.3. The quantitative estimate of drug-likeness (QED) is 0.524. The fourth-order valence-electron chi connectivity index (χ4n) is 5.11. The van der Waals surface area contributed by atoms with Crippen LogP contribution in [0.5, 0.6) is 11.5 Å². The number of fused-ring (bicyclic) bond motifs is 1. The van der Waals surface area contributed by atoms with Crippen LogP contribution in [0.15, 0.2) is 24.3 Å². The molecule has 204 valence electrons. The minimum absolute atomic E-state index is 0.0676. The summed E-state index contributed by atoms with van der Waals surface area (Å²) in [6.07, 6.45) is -3.87. The van der Waals surface area contributed by atoms with Gasteiger partial charge in [-0.05, 0) is 58.2 Å². The predicted octanol–water partition coefficient (Wildman–Crippen LogP) is 6.06. The van der Waals surface area contributed by atoms with Crippen molar-refractivity contribution in [3.05, 3.63) is 35.5 Å². The van der Waals surface area contributed by atoms with Gasteiger partial charge in [0.1, 0.15) is 11.4 Å². The van der Waals surface area contributed by atoms with Crippen molar-refractivity contribution < 1.29 is 32.2 Å². The van der Waals surface area contributed by atoms with Crippen molar-refractivity contribution in [1.82, 2.24) is 14.7 Å². The van der Waals surface area contributed by atoms with E-state index in [1.165, 1.54) is 14.2 Å². The number of halogens is 3. The first-order valence-electron chi connectivity index (χ1n) is 12.4. The summed E-state index contributed by atoms with van der Waals surface area (Å²) in [5, 5.41) is 7.68. The van der Waals surface area contributed by atoms with Gasteiger partial charge in [-0.1, -0.05) is 6.07 Å². The fourth-order valence-corrected chi connectivity index (χ4v) is 5.11. The monoisotopic (exact) mass is 524 g/mol. The molecular formula is C26H35F3N4O4. The molecule has 3 heterocycles. The lowest BCUT2D eigenvalue weighted by atomic mass is 9.89. The second-order valence-corrected chi connectivity index (χ2v) is 10.7. The molecule has 2 aromatic rings. The molecule has 11 heteroatoms. The Morgan fingerprint density at radius 1 is 1.08 bits per heavy atom. The highest BCUT2D eigenvalue weighted by molar-refractivity contribution is 5.68. The predicted molar refractivity (Wildman–Crippen MR) is 132 cm³/mol. The number of benzene rings is 1. The average Bonchev–Trinajstić information content (AvgIpc) is 3.25. The van der Waals surface area contributed by atoms with Gasteiger partial charge in [0.15, 0.2) is 17.5 Å². The molecule has 0 bridgehead atoms. The van der Waals surface area contributed by atoms with Gasteiger partial charge in [0.05, 0.1) is 26.0 Å². The van der Waals surface area contributed by atoms with Gasteiger partial charge in [0.25, 0.3) is 0 Å². The van der Waals surface area contributed by atoms with Crippen molar-refractivity contribution >= 4 is 11.9 Å². The Morgan fingerprint density at radius 3 is 2.38 bits per heavy atom. The maximum Gasteiger partial charge on any atom is 0.410 e. The first kappa shape index (κ1) is 26.9. The number of aromatic nitrogens is 2. The smallest absolute Gasteiger partial charge is 0.410 e. The summed E-state index contributed by atoms with van der Waals surface area (Å²) in [6.45, 7) is 7.83. The maximum absolute atomic E-state index is 14.2. The van der Waals surface area contributed by atoms with Crippen molar-refractivity contribution in [2.75, 3.05) is 26.1 Å². The molecule has 8 nitrogen and oxygen atoms in total. The molecule has 1 fully saturated rings. The van der Waals surface area contributed by atoms with Crippen LogP contribution in [0.25, 0.3) is 0 Å². The van der Waals surface area contributed by atoms with E-state index in [4.69, 9.17) is 14.2 Å². The van der Waals surface area contributed by atoms with E-state index >= 15 is 0 Å². The number of nitrogens with zero attached hydrogens (tertiary/aromatic N) is 3. The number of ether oxygens (including phenoxy) is 3. The van der Waals surface area contributed by atoms with Crippen molar-refractivity contribution in [2.45, 2.75) is 82.8 Å². The number of hydrogen-bond acceptors (Lipinski definition) is 6. The third-order valence-electron chi connectivity index (χ3n) is 6.94. The zero-order valence-corrected chi connectivity index (χ0v) is 22.1. The fraction of sp³-hybridized carbons (Fsp3) is 0.615. The Balaban J connectivity index is 1.57. The highest BCUT2D eigenvalue weighted by atomic mass is 19.4. The minimum atomic E-state index is -4.47. The first-order valence-corrected chi connectivity index (χ1v) is 12.4. The number of anilines is 1. The zero-order valence-electron chi connectivity index (χ0n) is 22.1. The van der Waals surface area contributed by atoms with E-state index < -0.39 is 23.9 Å². The van der Waals surface area contributed by atoms with Gasteiger partial charge in [-0.3, -0.25) is 0 Å². The summed E-state index contributed by atoms with van der Waals surface area (Å²) < 4.78 is 59.7. The normalized spacial score (nSPS) is 24.2. The van der Waals surface area contributed by atoms with E-state index in [1.807, 2.05) is 27.7 Å². The van der Waals surface area contributed by atoms with Crippen LogP contribution in [0.1, 0.15) is 76.2 Å². The van der Waals surface area contributed by atoms with Crippen LogP contribution >= 0.6 is 0 Å². The molecule has 0 aliphatic carbocycles. The van der Waals surface area contributed by atoms with Crippen LogP contribution in [-0.2, 0) is 4.74 Å². The molecule has 4 unspecified atom stereocenters. The van der Waals surface area contributed by atoms with Gasteiger partial charge in [-0.25, -0.2) is 9.48 Å². The zero-order chi connectivity index (χ0) is 27.1. The highest BCUT2D eigenvalue weighted by Crippen LogP contribution is 2.46. The number of nitrogens with one attached hydrogen (secondary N) is 1. The molecule has 1 N–H and O–H groups in total. The number of carbonyl (C=O) groups excluding carboxylic acids is 1. The lowest BCUT2D eigenvalue weighted by Gasteiger charge is -2.37. The molecule has 0 saturated carbocycles. The van der Waals surface area contributed by atoms with Crippen LogP contribution in [0, 0.1) is 0 Å². The number of piperidine rings is 1. The lowest BCUT2D eigenvalue weighted by Crippen LogP contribution is -2.46. The third kappa shape index (κ3) is 5.75. The number of alkyl halides is 3. The molecule has 4 atom stereocenters. The molecule has 1 saturated heterocycles. The van der Waals surface area contributed by atoms with Crippen LogP contribution in [0.2, 0.25) is 0 Å². The summed E-state index contributed by atoms with van der Waals surface area (Å²) >= 11 is 0. The maximum atomic E-state index is 14.2. The van der Waals surface area contributed by atoms with Gasteiger partial charge in [0.2, 0.25) is 0 Å². The SMILES string of the molecule is COc1ccc(C2CC(C(F)(F)F)n3nc(C4CCN(C(=O)OC(C)(C)C)C(C)C4)cc3N2)cc1OC. The largest absolute Gasteiger partial charge is 0.493 e. The van der Waals surface area contributed by atoms with Gasteiger partial charge < -0.3 is 24.4 Å². The molecule has 2 aliphatic rings. The van der Waals surface area contributed by atoms with Gasteiger partial charge in [0, 0.05) is 31.0 Å². The standard InChI is InChI=1S/C26H35F3N4O4/c1-15-11-17(9-10-32(15)24(34)37-25(2,3)4)19-14-23-30-18(13-22(26(27,28)29)33(23)31-19)16-7-8-20(35-5)21(12-16)36-6/h7-8,12,14-15,17-18,22,30H,9-11,13H2,1-6H3. The van der Waals surface area contributed by atoms with Crippen molar-refractivity contribution in [2.24, 2.45) is 0 Å². The second-order valence-electron chi connectivity index (χ2n) is 10.7. The number of carbonyl (C=O) groups is 1. The molecular weight excluding hydrogens is 489 g/mol. The molecule has 0 radical (unpaired) electrons.